The van der Waals surface area contributed by atoms with Gasteiger partial charge < -0.3 is 10.3 Å². The summed E-state index contributed by atoms with van der Waals surface area (Å²) in [6.07, 6.45) is 2.83. The number of nitrogens with zero attached hydrogens (tertiary/aromatic N) is 2. The van der Waals surface area contributed by atoms with Gasteiger partial charge in [0, 0.05) is 18.8 Å². The van der Waals surface area contributed by atoms with Crippen molar-refractivity contribution in [3.8, 4) is 0 Å². The van der Waals surface area contributed by atoms with Crippen molar-refractivity contribution in [2.24, 2.45) is 0 Å². The number of nitrogens with one attached hydrogen (secondary N) is 2. The van der Waals surface area contributed by atoms with Crippen LogP contribution in [0.4, 0.5) is 5.69 Å². The Morgan fingerprint density at radius 3 is 2.69 bits per heavy atom. The number of aromatic amines is 1. The van der Waals surface area contributed by atoms with Gasteiger partial charge in [0.15, 0.2) is 0 Å². The van der Waals surface area contributed by atoms with E-state index >= 15 is 0 Å². The number of sulfonamides is 1. The summed E-state index contributed by atoms with van der Waals surface area (Å²) < 4.78 is 27.7. The van der Waals surface area contributed by atoms with E-state index < -0.39 is 10.0 Å². The summed E-state index contributed by atoms with van der Waals surface area (Å²) in [5.74, 6) is 0.887. The van der Waals surface area contributed by atoms with Crippen LogP contribution in [0.1, 0.15) is 42.8 Å². The summed E-state index contributed by atoms with van der Waals surface area (Å²) in [7, 11) is -3.56. The first kappa shape index (κ1) is 22.8. The highest BCUT2D eigenvalue weighted by Crippen LogP contribution is 2.29. The van der Waals surface area contributed by atoms with E-state index in [1.54, 1.807) is 29.4 Å². The molecule has 1 aliphatic rings. The van der Waals surface area contributed by atoms with Crippen molar-refractivity contribution in [2.75, 3.05) is 24.2 Å². The second kappa shape index (κ2) is 9.64. The largest absolute Gasteiger partial charge is 0.341 e. The van der Waals surface area contributed by atoms with Crippen molar-refractivity contribution >= 4 is 44.4 Å². The molecule has 0 spiro atoms. The number of benzene rings is 2. The van der Waals surface area contributed by atoms with Crippen molar-refractivity contribution in [3.05, 3.63) is 53.9 Å². The zero-order chi connectivity index (χ0) is 22.7. The number of anilines is 1. The number of fused-ring (bicyclic) bond motifs is 1. The van der Waals surface area contributed by atoms with Gasteiger partial charge in [-0.15, -0.1) is 11.8 Å². The number of piperidine rings is 1. The molecule has 1 amide bonds. The molecule has 2 heterocycles. The number of imidazole rings is 1. The molecule has 7 nitrogen and oxygen atoms in total. The first-order valence-corrected chi connectivity index (χ1v) is 13.3. The van der Waals surface area contributed by atoms with Crippen molar-refractivity contribution in [3.63, 3.8) is 0 Å². The molecule has 2 aromatic carbocycles. The van der Waals surface area contributed by atoms with E-state index in [0.717, 1.165) is 36.1 Å². The second-order valence-electron chi connectivity index (χ2n) is 8.09. The monoisotopic (exact) mass is 472 g/mol. The standard InChI is InChI=1S/C23H28N4O3S2/c1-16-10-11-18(14-21(16)32(29,30)27-12-6-3-7-13-27)24-22(28)15-31-17(2)23-25-19-8-4-5-9-20(19)26-23/h4-5,8-11,14,17H,3,6-7,12-13,15H2,1-2H3,(H,24,28)(H,25,26)/t17-/m1/s1. The van der Waals surface area contributed by atoms with Crippen LogP contribution in [-0.2, 0) is 14.8 Å². The number of rotatable bonds is 7. The van der Waals surface area contributed by atoms with E-state index in [2.05, 4.69) is 15.3 Å². The van der Waals surface area contributed by atoms with Gasteiger partial charge in [-0.2, -0.15) is 4.31 Å². The van der Waals surface area contributed by atoms with E-state index in [-0.39, 0.29) is 21.8 Å². The number of hydrogen-bond donors (Lipinski definition) is 2. The Morgan fingerprint density at radius 1 is 1.19 bits per heavy atom. The summed E-state index contributed by atoms with van der Waals surface area (Å²) >= 11 is 1.48. The molecule has 1 saturated heterocycles. The van der Waals surface area contributed by atoms with E-state index in [1.165, 1.54) is 11.8 Å². The molecule has 9 heteroatoms. The highest BCUT2D eigenvalue weighted by atomic mass is 32.2. The average Bonchev–Trinajstić information content (AvgIpc) is 3.24. The first-order chi connectivity index (χ1) is 15.3. The number of aromatic nitrogens is 2. The Labute approximate surface area is 193 Å². The Kier molecular flexibility index (Phi) is 6.88. The smallest absolute Gasteiger partial charge is 0.243 e. The lowest BCUT2D eigenvalue weighted by Gasteiger charge is -2.26. The molecule has 0 unspecified atom stereocenters. The van der Waals surface area contributed by atoms with Crippen molar-refractivity contribution in [1.82, 2.24) is 14.3 Å². The molecule has 1 aromatic heterocycles. The SMILES string of the molecule is Cc1ccc(NC(=O)CS[C@H](C)c2nc3ccccc3[nH]2)cc1S(=O)(=O)N1CCCCC1. The topological polar surface area (TPSA) is 95.2 Å². The Morgan fingerprint density at radius 2 is 1.94 bits per heavy atom. The maximum absolute atomic E-state index is 13.1. The molecule has 0 saturated carbocycles. The lowest BCUT2D eigenvalue weighted by Crippen LogP contribution is -2.36. The lowest BCUT2D eigenvalue weighted by atomic mass is 10.2. The summed E-state index contributed by atoms with van der Waals surface area (Å²) in [6.45, 7) is 4.89. The maximum atomic E-state index is 13.1. The van der Waals surface area contributed by atoms with Gasteiger partial charge in [-0.3, -0.25) is 4.79 Å². The molecule has 1 aliphatic heterocycles. The second-order valence-corrected chi connectivity index (χ2v) is 11.3. The van der Waals surface area contributed by atoms with E-state index in [0.29, 0.717) is 24.3 Å². The third kappa shape index (κ3) is 5.00. The van der Waals surface area contributed by atoms with Crippen LogP contribution >= 0.6 is 11.8 Å². The average molecular weight is 473 g/mol. The Hall–Kier alpha value is -2.36. The van der Waals surface area contributed by atoms with Crippen LogP contribution in [0.3, 0.4) is 0 Å². The molecule has 1 fully saturated rings. The number of amides is 1. The van der Waals surface area contributed by atoms with Gasteiger partial charge in [0.2, 0.25) is 15.9 Å². The zero-order valence-corrected chi connectivity index (χ0v) is 19.9. The molecule has 32 heavy (non-hydrogen) atoms. The molecular formula is C23H28N4O3S2. The summed E-state index contributed by atoms with van der Waals surface area (Å²) in [6, 6.07) is 12.9. The third-order valence-corrected chi connectivity index (χ3v) is 8.85. The molecule has 0 radical (unpaired) electrons. The minimum Gasteiger partial charge on any atom is -0.341 e. The fraction of sp³-hybridized carbons (Fsp3) is 0.391. The number of para-hydroxylation sites is 2. The van der Waals surface area contributed by atoms with E-state index in [4.69, 9.17) is 0 Å². The zero-order valence-electron chi connectivity index (χ0n) is 18.3. The number of carbonyl (C=O) groups excluding carboxylic acids is 1. The highest BCUT2D eigenvalue weighted by molar-refractivity contribution is 8.00. The van der Waals surface area contributed by atoms with Gasteiger partial charge in [0.25, 0.3) is 0 Å². The fourth-order valence-corrected chi connectivity index (χ4v) is 6.35. The van der Waals surface area contributed by atoms with Gasteiger partial charge in [-0.25, -0.2) is 13.4 Å². The predicted octanol–water partition coefficient (Wildman–Crippen LogP) is 4.48. The number of thioether (sulfide) groups is 1. The number of H-pyrrole nitrogens is 1. The van der Waals surface area contributed by atoms with Crippen LogP contribution in [0.15, 0.2) is 47.4 Å². The summed E-state index contributed by atoms with van der Waals surface area (Å²) in [4.78, 5) is 20.7. The molecule has 3 aromatic rings. The minimum absolute atomic E-state index is 0.0150. The van der Waals surface area contributed by atoms with Crippen LogP contribution in [0.5, 0.6) is 0 Å². The molecule has 170 valence electrons. The lowest BCUT2D eigenvalue weighted by molar-refractivity contribution is -0.113. The van der Waals surface area contributed by atoms with Crippen molar-refractivity contribution in [1.29, 1.82) is 0 Å². The number of carbonyl (C=O) groups is 1. The Bertz CT molecular complexity index is 1180. The highest BCUT2D eigenvalue weighted by Gasteiger charge is 2.27. The first-order valence-electron chi connectivity index (χ1n) is 10.8. The third-order valence-electron chi connectivity index (χ3n) is 5.66. The summed E-state index contributed by atoms with van der Waals surface area (Å²) in [5.41, 5.74) is 3.05. The van der Waals surface area contributed by atoms with Gasteiger partial charge in [0.05, 0.1) is 26.9 Å². The molecule has 1 atom stereocenters. The van der Waals surface area contributed by atoms with Crippen LogP contribution in [0, 0.1) is 6.92 Å². The summed E-state index contributed by atoms with van der Waals surface area (Å²) in [5, 5.41) is 2.86. The van der Waals surface area contributed by atoms with Gasteiger partial charge in [-0.1, -0.05) is 24.6 Å². The molecule has 4 rings (SSSR count). The van der Waals surface area contributed by atoms with Crippen LogP contribution in [-0.4, -0.2) is 47.4 Å². The molecule has 2 N–H and O–H groups in total. The van der Waals surface area contributed by atoms with Gasteiger partial charge in [-0.05, 0) is 56.5 Å². The van der Waals surface area contributed by atoms with E-state index in [1.807, 2.05) is 31.2 Å². The van der Waals surface area contributed by atoms with Crippen molar-refractivity contribution < 1.29 is 13.2 Å². The number of hydrogen-bond acceptors (Lipinski definition) is 5. The Balaban J connectivity index is 1.40. The van der Waals surface area contributed by atoms with E-state index in [9.17, 15) is 13.2 Å². The predicted molar refractivity (Wildman–Crippen MR) is 129 cm³/mol. The minimum atomic E-state index is -3.56. The van der Waals surface area contributed by atoms with Crippen LogP contribution in [0.2, 0.25) is 0 Å². The molecule has 0 aliphatic carbocycles. The maximum Gasteiger partial charge on any atom is 0.243 e. The quantitative estimate of drug-likeness (QED) is 0.529. The van der Waals surface area contributed by atoms with Crippen LogP contribution < -0.4 is 5.32 Å². The fourth-order valence-electron chi connectivity index (χ4n) is 3.84. The van der Waals surface area contributed by atoms with Gasteiger partial charge in [0.1, 0.15) is 5.82 Å². The van der Waals surface area contributed by atoms with Gasteiger partial charge >= 0.3 is 0 Å². The molecule has 0 bridgehead atoms. The number of aryl methyl sites for hydroxylation is 1. The normalized spacial score (nSPS) is 16.2. The molecular weight excluding hydrogens is 444 g/mol. The van der Waals surface area contributed by atoms with Crippen molar-refractivity contribution in [2.45, 2.75) is 43.3 Å². The van der Waals surface area contributed by atoms with Crippen LogP contribution in [0.25, 0.3) is 11.0 Å².